The van der Waals surface area contributed by atoms with Crippen LogP contribution in [0.5, 0.6) is 0 Å². The number of aromatic nitrogens is 4. The highest BCUT2D eigenvalue weighted by molar-refractivity contribution is 7.13. The zero-order valence-electron chi connectivity index (χ0n) is 9.68. The molecule has 0 saturated heterocycles. The molecule has 0 saturated carbocycles. The van der Waals surface area contributed by atoms with E-state index < -0.39 is 0 Å². The molecule has 0 aliphatic rings. The molecular formula is C12H13N5S. The van der Waals surface area contributed by atoms with E-state index in [1.807, 2.05) is 24.7 Å². The lowest BCUT2D eigenvalue weighted by Crippen LogP contribution is -2.12. The molecule has 18 heavy (non-hydrogen) atoms. The molecule has 0 amide bonds. The lowest BCUT2D eigenvalue weighted by molar-refractivity contribution is 0.695. The maximum atomic E-state index is 4.12. The summed E-state index contributed by atoms with van der Waals surface area (Å²) in [4.78, 5) is 1.22. The minimum Gasteiger partial charge on any atom is -0.308 e. The van der Waals surface area contributed by atoms with Gasteiger partial charge < -0.3 is 5.32 Å². The molecule has 6 heteroatoms. The van der Waals surface area contributed by atoms with Gasteiger partial charge in [-0.25, -0.2) is 0 Å². The minimum absolute atomic E-state index is 0.787. The van der Waals surface area contributed by atoms with Gasteiger partial charge in [0, 0.05) is 30.4 Å². The van der Waals surface area contributed by atoms with Crippen molar-refractivity contribution in [3.8, 4) is 10.6 Å². The molecule has 0 unspecified atom stereocenters. The van der Waals surface area contributed by atoms with E-state index in [1.54, 1.807) is 11.3 Å². The molecule has 3 aromatic heterocycles. The summed E-state index contributed by atoms with van der Waals surface area (Å²) in [6.45, 7) is 1.58. The monoisotopic (exact) mass is 259 g/mol. The number of nitrogens with one attached hydrogen (secondary N) is 3. The van der Waals surface area contributed by atoms with E-state index in [2.05, 4.69) is 37.2 Å². The highest BCUT2D eigenvalue weighted by atomic mass is 32.1. The maximum absolute atomic E-state index is 4.12. The van der Waals surface area contributed by atoms with Crippen molar-refractivity contribution in [2.45, 2.75) is 13.1 Å². The normalized spacial score (nSPS) is 10.9. The second-order valence-electron chi connectivity index (χ2n) is 3.96. The third kappa shape index (κ3) is 2.34. The molecular weight excluding hydrogens is 246 g/mol. The molecule has 3 N–H and O–H groups in total. The van der Waals surface area contributed by atoms with Crippen molar-refractivity contribution in [1.29, 1.82) is 0 Å². The zero-order valence-corrected chi connectivity index (χ0v) is 10.5. The van der Waals surface area contributed by atoms with Crippen molar-refractivity contribution in [2.75, 3.05) is 0 Å². The number of H-pyrrole nitrogens is 2. The quantitative estimate of drug-likeness (QED) is 0.657. The van der Waals surface area contributed by atoms with Crippen LogP contribution in [0.3, 0.4) is 0 Å². The lowest BCUT2D eigenvalue weighted by Gasteiger charge is -2.03. The molecule has 0 aromatic carbocycles. The average molecular weight is 259 g/mol. The van der Waals surface area contributed by atoms with Gasteiger partial charge in [0.05, 0.1) is 23.0 Å². The number of rotatable bonds is 5. The standard InChI is InChI=1S/C12H13N5S/c1-2-11(18-3-1)12-10(8-16-17-12)7-13-4-9-5-14-15-6-9/h1-3,5-6,8,13H,4,7H2,(H,14,15)(H,16,17). The predicted molar refractivity (Wildman–Crippen MR) is 71.0 cm³/mol. The molecule has 0 aliphatic carbocycles. The predicted octanol–water partition coefficient (Wildman–Crippen LogP) is 2.15. The van der Waals surface area contributed by atoms with E-state index >= 15 is 0 Å². The Morgan fingerprint density at radius 1 is 1.22 bits per heavy atom. The van der Waals surface area contributed by atoms with Crippen LogP contribution < -0.4 is 5.32 Å². The van der Waals surface area contributed by atoms with E-state index in [1.165, 1.54) is 10.4 Å². The topological polar surface area (TPSA) is 69.4 Å². The SMILES string of the molecule is c1csc(-c2[nH]ncc2CNCc2cn[nH]c2)c1. The summed E-state index contributed by atoms with van der Waals surface area (Å²) in [7, 11) is 0. The van der Waals surface area contributed by atoms with E-state index in [-0.39, 0.29) is 0 Å². The van der Waals surface area contributed by atoms with E-state index in [4.69, 9.17) is 0 Å². The van der Waals surface area contributed by atoms with Gasteiger partial charge >= 0.3 is 0 Å². The minimum atomic E-state index is 0.787. The van der Waals surface area contributed by atoms with Gasteiger partial charge in [-0.2, -0.15) is 10.2 Å². The fourth-order valence-electron chi connectivity index (χ4n) is 1.80. The van der Waals surface area contributed by atoms with Crippen LogP contribution in [-0.4, -0.2) is 20.4 Å². The summed E-state index contributed by atoms with van der Waals surface area (Å²) in [5.41, 5.74) is 3.43. The number of aromatic amines is 2. The number of hydrogen-bond acceptors (Lipinski definition) is 4. The summed E-state index contributed by atoms with van der Waals surface area (Å²) < 4.78 is 0. The molecule has 3 aromatic rings. The molecule has 5 nitrogen and oxygen atoms in total. The molecule has 0 aliphatic heterocycles. The van der Waals surface area contributed by atoms with Crippen LogP contribution in [0, 0.1) is 0 Å². The third-order valence-corrected chi connectivity index (χ3v) is 3.57. The Hall–Kier alpha value is -1.92. The Bertz CT molecular complexity index is 582. The zero-order chi connectivity index (χ0) is 12.2. The van der Waals surface area contributed by atoms with Crippen LogP contribution in [0.25, 0.3) is 10.6 Å². The van der Waals surface area contributed by atoms with Crippen molar-refractivity contribution in [3.63, 3.8) is 0 Å². The molecule has 0 spiro atoms. The van der Waals surface area contributed by atoms with Crippen molar-refractivity contribution in [3.05, 3.63) is 47.2 Å². The molecule has 3 heterocycles. The van der Waals surface area contributed by atoms with Gasteiger partial charge in [-0.1, -0.05) is 6.07 Å². The highest BCUT2D eigenvalue weighted by Gasteiger charge is 2.07. The van der Waals surface area contributed by atoms with Crippen LogP contribution in [0.2, 0.25) is 0 Å². The summed E-state index contributed by atoms with van der Waals surface area (Å²) >= 11 is 1.71. The van der Waals surface area contributed by atoms with Crippen molar-refractivity contribution in [1.82, 2.24) is 25.7 Å². The van der Waals surface area contributed by atoms with Crippen molar-refractivity contribution >= 4 is 11.3 Å². The molecule has 0 fully saturated rings. The highest BCUT2D eigenvalue weighted by Crippen LogP contribution is 2.25. The van der Waals surface area contributed by atoms with Gasteiger partial charge in [0.2, 0.25) is 0 Å². The summed E-state index contributed by atoms with van der Waals surface area (Å²) in [5, 5.41) is 19.3. The molecule has 92 valence electrons. The van der Waals surface area contributed by atoms with Crippen molar-refractivity contribution in [2.24, 2.45) is 0 Å². The van der Waals surface area contributed by atoms with Crippen LogP contribution in [0.1, 0.15) is 11.1 Å². The van der Waals surface area contributed by atoms with Crippen LogP contribution >= 0.6 is 11.3 Å². The van der Waals surface area contributed by atoms with Gasteiger partial charge in [0.15, 0.2) is 0 Å². The fourth-order valence-corrected chi connectivity index (χ4v) is 2.55. The van der Waals surface area contributed by atoms with Crippen molar-refractivity contribution < 1.29 is 0 Å². The molecule has 3 rings (SSSR count). The number of hydrogen-bond donors (Lipinski definition) is 3. The first-order valence-electron chi connectivity index (χ1n) is 5.68. The molecule has 0 bridgehead atoms. The maximum Gasteiger partial charge on any atom is 0.0794 e. The van der Waals surface area contributed by atoms with E-state index in [0.717, 1.165) is 24.3 Å². The summed E-state index contributed by atoms with van der Waals surface area (Å²) in [6.07, 6.45) is 5.59. The average Bonchev–Trinajstić information content (AvgIpc) is 3.12. The van der Waals surface area contributed by atoms with Crippen LogP contribution in [0.4, 0.5) is 0 Å². The number of nitrogens with zero attached hydrogens (tertiary/aromatic N) is 2. The Morgan fingerprint density at radius 3 is 3.00 bits per heavy atom. The van der Waals surface area contributed by atoms with Gasteiger partial charge in [0.1, 0.15) is 0 Å². The smallest absolute Gasteiger partial charge is 0.0794 e. The lowest BCUT2D eigenvalue weighted by atomic mass is 10.2. The van der Waals surface area contributed by atoms with Crippen LogP contribution in [0.15, 0.2) is 36.1 Å². The van der Waals surface area contributed by atoms with Gasteiger partial charge in [-0.3, -0.25) is 10.2 Å². The first kappa shape index (κ1) is 11.2. The first-order valence-corrected chi connectivity index (χ1v) is 6.56. The Balaban J connectivity index is 1.65. The van der Waals surface area contributed by atoms with E-state index in [0.29, 0.717) is 0 Å². The van der Waals surface area contributed by atoms with Crippen LogP contribution in [-0.2, 0) is 13.1 Å². The first-order chi connectivity index (χ1) is 8.93. The third-order valence-electron chi connectivity index (χ3n) is 2.68. The summed E-state index contributed by atoms with van der Waals surface area (Å²) in [6, 6.07) is 4.14. The van der Waals surface area contributed by atoms with Gasteiger partial charge in [0.25, 0.3) is 0 Å². The Morgan fingerprint density at radius 2 is 2.22 bits per heavy atom. The fraction of sp³-hybridized carbons (Fsp3) is 0.167. The second-order valence-corrected chi connectivity index (χ2v) is 4.91. The Kier molecular flexibility index (Phi) is 3.20. The van der Waals surface area contributed by atoms with E-state index in [9.17, 15) is 0 Å². The second kappa shape index (κ2) is 5.16. The summed E-state index contributed by atoms with van der Waals surface area (Å²) in [5.74, 6) is 0. The molecule has 0 atom stereocenters. The number of thiophene rings is 1. The van der Waals surface area contributed by atoms with Gasteiger partial charge in [-0.05, 0) is 11.4 Å². The molecule has 0 radical (unpaired) electrons. The largest absolute Gasteiger partial charge is 0.308 e. The van der Waals surface area contributed by atoms with Gasteiger partial charge in [-0.15, -0.1) is 11.3 Å². The Labute approximate surface area is 108 Å².